The maximum atomic E-state index is 11.9. The Morgan fingerprint density at radius 2 is 2.12 bits per heavy atom. The van der Waals surface area contributed by atoms with Crippen molar-refractivity contribution in [1.29, 1.82) is 0 Å². The van der Waals surface area contributed by atoms with Crippen molar-refractivity contribution in [1.82, 2.24) is 20.4 Å². The van der Waals surface area contributed by atoms with Crippen molar-refractivity contribution in [3.8, 4) is 0 Å². The molecule has 0 radical (unpaired) electrons. The summed E-state index contributed by atoms with van der Waals surface area (Å²) >= 11 is 0. The van der Waals surface area contributed by atoms with Gasteiger partial charge in [0.1, 0.15) is 6.04 Å². The molecule has 2 amide bonds. The minimum Gasteiger partial charge on any atom is -0.358 e. The summed E-state index contributed by atoms with van der Waals surface area (Å²) in [7, 11) is 5.08. The van der Waals surface area contributed by atoms with Crippen LogP contribution in [0.25, 0.3) is 0 Å². The number of carbonyl (C=O) groups is 2. The van der Waals surface area contributed by atoms with Gasteiger partial charge < -0.3 is 15.5 Å². The van der Waals surface area contributed by atoms with Gasteiger partial charge in [-0.3, -0.25) is 14.5 Å². The molecule has 0 saturated carbocycles. The zero-order valence-corrected chi connectivity index (χ0v) is 11.0. The summed E-state index contributed by atoms with van der Waals surface area (Å²) in [5.74, 6) is -0.0172. The maximum Gasteiger partial charge on any atom is 0.239 e. The van der Waals surface area contributed by atoms with Crippen molar-refractivity contribution >= 4 is 11.8 Å². The molecule has 2 N–H and O–H groups in total. The molecule has 0 spiro atoms. The lowest BCUT2D eigenvalue weighted by Crippen LogP contribution is -2.62. The predicted octanol–water partition coefficient (Wildman–Crippen LogP) is -1.52. The molecule has 1 saturated heterocycles. The normalized spacial score (nSPS) is 22.9. The smallest absolute Gasteiger partial charge is 0.239 e. The van der Waals surface area contributed by atoms with Gasteiger partial charge in [0.15, 0.2) is 0 Å². The SMILES string of the molecule is CNC(=O)C1CNCCN1C(C)C(=O)N(C)C. The Morgan fingerprint density at radius 1 is 1.47 bits per heavy atom. The Balaban J connectivity index is 2.77. The molecule has 6 nitrogen and oxygen atoms in total. The number of hydrogen-bond acceptors (Lipinski definition) is 4. The van der Waals surface area contributed by atoms with Crippen LogP contribution in [0.5, 0.6) is 0 Å². The van der Waals surface area contributed by atoms with E-state index in [1.165, 1.54) is 0 Å². The number of piperazine rings is 1. The van der Waals surface area contributed by atoms with Gasteiger partial charge in [-0.15, -0.1) is 0 Å². The second kappa shape index (κ2) is 5.97. The predicted molar refractivity (Wildman–Crippen MR) is 65.6 cm³/mol. The van der Waals surface area contributed by atoms with Gasteiger partial charge in [0.25, 0.3) is 0 Å². The average Bonchev–Trinajstić information content (AvgIpc) is 2.35. The first-order valence-electron chi connectivity index (χ1n) is 5.88. The third kappa shape index (κ3) is 3.17. The van der Waals surface area contributed by atoms with Crippen LogP contribution in [0, 0.1) is 0 Å². The quantitative estimate of drug-likeness (QED) is 0.631. The molecule has 1 heterocycles. The molecule has 0 aliphatic carbocycles. The van der Waals surface area contributed by atoms with Crippen LogP contribution in [-0.2, 0) is 9.59 Å². The van der Waals surface area contributed by atoms with E-state index in [1.807, 2.05) is 11.8 Å². The van der Waals surface area contributed by atoms with Crippen LogP contribution in [-0.4, -0.2) is 74.5 Å². The number of amides is 2. The Morgan fingerprint density at radius 3 is 2.65 bits per heavy atom. The number of nitrogens with zero attached hydrogens (tertiary/aromatic N) is 2. The molecule has 2 atom stereocenters. The average molecular weight is 242 g/mol. The van der Waals surface area contributed by atoms with Crippen molar-refractivity contribution in [3.05, 3.63) is 0 Å². The lowest BCUT2D eigenvalue weighted by Gasteiger charge is -2.38. The Labute approximate surface area is 102 Å². The molecule has 98 valence electrons. The number of likely N-dealkylation sites (N-methyl/N-ethyl adjacent to an activating group) is 2. The van der Waals surface area contributed by atoms with Gasteiger partial charge in [-0.25, -0.2) is 0 Å². The molecular formula is C11H22N4O2. The summed E-state index contributed by atoms with van der Waals surface area (Å²) in [5.41, 5.74) is 0. The van der Waals surface area contributed by atoms with Gasteiger partial charge >= 0.3 is 0 Å². The number of rotatable bonds is 3. The van der Waals surface area contributed by atoms with Gasteiger partial charge in [0.2, 0.25) is 11.8 Å². The van der Waals surface area contributed by atoms with Crippen LogP contribution in [0.3, 0.4) is 0 Å². The summed E-state index contributed by atoms with van der Waals surface area (Å²) in [6, 6.07) is -0.540. The van der Waals surface area contributed by atoms with Crippen LogP contribution in [0.4, 0.5) is 0 Å². The highest BCUT2D eigenvalue weighted by Crippen LogP contribution is 2.10. The van der Waals surface area contributed by atoms with Gasteiger partial charge in [0.05, 0.1) is 6.04 Å². The first kappa shape index (κ1) is 13.9. The minimum atomic E-state index is -0.271. The molecule has 0 aromatic carbocycles. The zero-order valence-electron chi connectivity index (χ0n) is 11.0. The maximum absolute atomic E-state index is 11.9. The monoisotopic (exact) mass is 242 g/mol. The largest absolute Gasteiger partial charge is 0.358 e. The third-order valence-electron chi connectivity index (χ3n) is 3.13. The second-order valence-electron chi connectivity index (χ2n) is 4.48. The van der Waals surface area contributed by atoms with Crippen LogP contribution in [0.1, 0.15) is 6.92 Å². The highest BCUT2D eigenvalue weighted by molar-refractivity contribution is 5.85. The van der Waals surface area contributed by atoms with Crippen molar-refractivity contribution < 1.29 is 9.59 Å². The first-order chi connectivity index (χ1) is 7.99. The van der Waals surface area contributed by atoms with Gasteiger partial charge in [0, 0.05) is 40.8 Å². The summed E-state index contributed by atoms with van der Waals surface area (Å²) in [6.45, 7) is 3.95. The molecule has 17 heavy (non-hydrogen) atoms. The molecule has 2 unspecified atom stereocenters. The van der Waals surface area contributed by atoms with Crippen LogP contribution in [0.15, 0.2) is 0 Å². The molecule has 0 aromatic heterocycles. The van der Waals surface area contributed by atoms with E-state index in [0.29, 0.717) is 13.1 Å². The summed E-state index contributed by atoms with van der Waals surface area (Å²) in [5, 5.41) is 5.82. The van der Waals surface area contributed by atoms with Crippen LogP contribution in [0.2, 0.25) is 0 Å². The highest BCUT2D eigenvalue weighted by Gasteiger charge is 2.34. The lowest BCUT2D eigenvalue weighted by molar-refractivity contribution is -0.138. The first-order valence-corrected chi connectivity index (χ1v) is 5.88. The molecule has 6 heteroatoms. The van der Waals surface area contributed by atoms with Crippen molar-refractivity contribution in [2.45, 2.75) is 19.0 Å². The van der Waals surface area contributed by atoms with Crippen molar-refractivity contribution in [2.24, 2.45) is 0 Å². The van der Waals surface area contributed by atoms with E-state index in [2.05, 4.69) is 10.6 Å². The van der Waals surface area contributed by atoms with Gasteiger partial charge in [-0.05, 0) is 6.92 Å². The van der Waals surface area contributed by atoms with Gasteiger partial charge in [-0.2, -0.15) is 0 Å². The fourth-order valence-electron chi connectivity index (χ4n) is 2.11. The Hall–Kier alpha value is -1.14. The van der Waals surface area contributed by atoms with Crippen molar-refractivity contribution in [2.75, 3.05) is 40.8 Å². The fraction of sp³-hybridized carbons (Fsp3) is 0.818. The standard InChI is InChI=1S/C11H22N4O2/c1-8(11(17)14(3)4)15-6-5-13-7-9(15)10(16)12-2/h8-9,13H,5-7H2,1-4H3,(H,12,16). The summed E-state index contributed by atoms with van der Waals surface area (Å²) in [4.78, 5) is 27.2. The molecule has 0 bridgehead atoms. The molecular weight excluding hydrogens is 220 g/mol. The topological polar surface area (TPSA) is 64.7 Å². The number of carbonyl (C=O) groups excluding carboxylic acids is 2. The molecule has 1 rings (SSSR count). The lowest BCUT2D eigenvalue weighted by atomic mass is 10.1. The molecule has 1 aliphatic heterocycles. The van der Waals surface area contributed by atoms with E-state index in [9.17, 15) is 9.59 Å². The number of nitrogens with one attached hydrogen (secondary N) is 2. The zero-order chi connectivity index (χ0) is 13.0. The Kier molecular flexibility index (Phi) is 4.89. The van der Waals surface area contributed by atoms with Crippen LogP contribution < -0.4 is 10.6 Å². The molecule has 1 aliphatic rings. The highest BCUT2D eigenvalue weighted by atomic mass is 16.2. The van der Waals surface area contributed by atoms with E-state index in [-0.39, 0.29) is 23.9 Å². The van der Waals surface area contributed by atoms with Crippen molar-refractivity contribution in [3.63, 3.8) is 0 Å². The van der Waals surface area contributed by atoms with Crippen LogP contribution >= 0.6 is 0 Å². The van der Waals surface area contributed by atoms with E-state index >= 15 is 0 Å². The Bertz CT molecular complexity index is 293. The number of hydrogen-bond donors (Lipinski definition) is 2. The minimum absolute atomic E-state index is 0.0285. The van der Waals surface area contributed by atoms with E-state index < -0.39 is 0 Å². The van der Waals surface area contributed by atoms with Gasteiger partial charge in [-0.1, -0.05) is 0 Å². The third-order valence-corrected chi connectivity index (χ3v) is 3.13. The molecule has 0 aromatic rings. The van der Waals surface area contributed by atoms with E-state index in [1.54, 1.807) is 26.0 Å². The summed E-state index contributed by atoms with van der Waals surface area (Å²) in [6.07, 6.45) is 0. The fourth-order valence-corrected chi connectivity index (χ4v) is 2.11. The van der Waals surface area contributed by atoms with E-state index in [0.717, 1.165) is 6.54 Å². The summed E-state index contributed by atoms with van der Waals surface area (Å²) < 4.78 is 0. The molecule has 1 fully saturated rings. The van der Waals surface area contributed by atoms with E-state index in [4.69, 9.17) is 0 Å². The second-order valence-corrected chi connectivity index (χ2v) is 4.48.